The minimum absolute atomic E-state index is 0.128. The molecule has 0 saturated carbocycles. The van der Waals surface area contributed by atoms with Gasteiger partial charge < -0.3 is 9.88 Å². The van der Waals surface area contributed by atoms with Crippen LogP contribution < -0.4 is 5.32 Å². The SMILES string of the molecule is CNC(c1ccc(Cl)c(F)c1)c1nccn1C. The number of hydrogen-bond donors (Lipinski definition) is 1. The van der Waals surface area contributed by atoms with Gasteiger partial charge in [-0.05, 0) is 24.7 Å². The molecule has 0 bridgehead atoms. The zero-order valence-corrected chi connectivity index (χ0v) is 10.4. The Morgan fingerprint density at radius 2 is 2.24 bits per heavy atom. The van der Waals surface area contributed by atoms with E-state index in [2.05, 4.69) is 10.3 Å². The van der Waals surface area contributed by atoms with Crippen molar-refractivity contribution in [3.63, 3.8) is 0 Å². The molecule has 3 nitrogen and oxygen atoms in total. The van der Waals surface area contributed by atoms with Gasteiger partial charge in [-0.2, -0.15) is 0 Å². The molecule has 1 aromatic heterocycles. The second-order valence-electron chi connectivity index (χ2n) is 3.79. The lowest BCUT2D eigenvalue weighted by Crippen LogP contribution is -2.21. The van der Waals surface area contributed by atoms with Gasteiger partial charge in [-0.15, -0.1) is 0 Å². The molecule has 0 amide bonds. The number of halogens is 2. The van der Waals surface area contributed by atoms with Crippen LogP contribution in [0.2, 0.25) is 5.02 Å². The summed E-state index contributed by atoms with van der Waals surface area (Å²) in [6, 6.07) is 4.63. The van der Waals surface area contributed by atoms with Crippen LogP contribution in [0.1, 0.15) is 17.4 Å². The number of aryl methyl sites for hydroxylation is 1. The molecule has 1 aromatic carbocycles. The third kappa shape index (κ3) is 2.33. The Bertz CT molecular complexity index is 524. The lowest BCUT2D eigenvalue weighted by Gasteiger charge is -2.16. The van der Waals surface area contributed by atoms with E-state index in [0.717, 1.165) is 11.4 Å². The predicted octanol–water partition coefficient (Wildman–Crippen LogP) is 2.52. The molecule has 2 aromatic rings. The van der Waals surface area contributed by atoms with E-state index < -0.39 is 5.82 Å². The van der Waals surface area contributed by atoms with E-state index in [-0.39, 0.29) is 11.1 Å². The normalized spacial score (nSPS) is 12.7. The first kappa shape index (κ1) is 12.1. The number of rotatable bonds is 3. The van der Waals surface area contributed by atoms with Crippen molar-refractivity contribution in [2.75, 3.05) is 7.05 Å². The van der Waals surface area contributed by atoms with Crippen LogP contribution in [0.4, 0.5) is 4.39 Å². The molecule has 1 unspecified atom stereocenters. The number of imidazole rings is 1. The van der Waals surface area contributed by atoms with Crippen LogP contribution in [-0.4, -0.2) is 16.6 Å². The van der Waals surface area contributed by atoms with Gasteiger partial charge in [-0.3, -0.25) is 0 Å². The van der Waals surface area contributed by atoms with E-state index in [1.165, 1.54) is 6.07 Å². The Labute approximate surface area is 104 Å². The average Bonchev–Trinajstić information content (AvgIpc) is 2.71. The van der Waals surface area contributed by atoms with Gasteiger partial charge in [0, 0.05) is 19.4 Å². The Balaban J connectivity index is 2.42. The Morgan fingerprint density at radius 1 is 1.47 bits per heavy atom. The maximum absolute atomic E-state index is 13.4. The molecule has 1 heterocycles. The molecular weight excluding hydrogens is 241 g/mol. The lowest BCUT2D eigenvalue weighted by atomic mass is 10.1. The number of aromatic nitrogens is 2. The zero-order valence-electron chi connectivity index (χ0n) is 9.61. The Morgan fingerprint density at radius 3 is 2.76 bits per heavy atom. The minimum atomic E-state index is -0.418. The van der Waals surface area contributed by atoms with Crippen molar-refractivity contribution in [3.8, 4) is 0 Å². The molecular formula is C12H13ClFN3. The molecule has 1 N–H and O–H groups in total. The Kier molecular flexibility index (Phi) is 3.45. The number of hydrogen-bond acceptors (Lipinski definition) is 2. The molecule has 2 rings (SSSR count). The van der Waals surface area contributed by atoms with Crippen molar-refractivity contribution in [2.45, 2.75) is 6.04 Å². The van der Waals surface area contributed by atoms with Crippen LogP contribution in [-0.2, 0) is 7.05 Å². The Hall–Kier alpha value is -1.39. The third-order valence-corrected chi connectivity index (χ3v) is 2.99. The van der Waals surface area contributed by atoms with Gasteiger partial charge in [-0.25, -0.2) is 9.37 Å². The molecule has 0 fully saturated rings. The zero-order chi connectivity index (χ0) is 12.4. The summed E-state index contributed by atoms with van der Waals surface area (Å²) in [5.74, 6) is 0.410. The van der Waals surface area contributed by atoms with E-state index in [1.54, 1.807) is 18.3 Å². The van der Waals surface area contributed by atoms with Crippen molar-refractivity contribution >= 4 is 11.6 Å². The van der Waals surface area contributed by atoms with Gasteiger partial charge in [0.05, 0.1) is 11.1 Å². The fraction of sp³-hybridized carbons (Fsp3) is 0.250. The fourth-order valence-corrected chi connectivity index (χ4v) is 1.91. The van der Waals surface area contributed by atoms with Crippen LogP contribution >= 0.6 is 11.6 Å². The van der Waals surface area contributed by atoms with Gasteiger partial charge >= 0.3 is 0 Å². The number of nitrogens with one attached hydrogen (secondary N) is 1. The summed E-state index contributed by atoms with van der Waals surface area (Å²) in [6.07, 6.45) is 3.57. The molecule has 1 atom stereocenters. The van der Waals surface area contributed by atoms with Gasteiger partial charge in [0.15, 0.2) is 0 Å². The smallest absolute Gasteiger partial charge is 0.142 e. The first-order chi connectivity index (χ1) is 8.13. The van der Waals surface area contributed by atoms with Crippen molar-refractivity contribution in [3.05, 3.63) is 52.8 Å². The van der Waals surface area contributed by atoms with E-state index in [1.807, 2.05) is 24.9 Å². The van der Waals surface area contributed by atoms with Gasteiger partial charge in [0.25, 0.3) is 0 Å². The number of benzene rings is 1. The summed E-state index contributed by atoms with van der Waals surface area (Å²) in [5.41, 5.74) is 0.795. The quantitative estimate of drug-likeness (QED) is 0.911. The predicted molar refractivity (Wildman–Crippen MR) is 65.5 cm³/mol. The molecule has 17 heavy (non-hydrogen) atoms. The maximum atomic E-state index is 13.4. The summed E-state index contributed by atoms with van der Waals surface area (Å²) in [4.78, 5) is 4.26. The summed E-state index contributed by atoms with van der Waals surface area (Å²) in [5, 5.41) is 3.24. The summed E-state index contributed by atoms with van der Waals surface area (Å²) >= 11 is 5.67. The molecule has 0 aliphatic heterocycles. The monoisotopic (exact) mass is 253 g/mol. The highest BCUT2D eigenvalue weighted by molar-refractivity contribution is 6.30. The molecule has 0 aliphatic carbocycles. The van der Waals surface area contributed by atoms with Gasteiger partial charge in [-0.1, -0.05) is 17.7 Å². The van der Waals surface area contributed by atoms with E-state index in [0.29, 0.717) is 0 Å². The molecule has 0 spiro atoms. The molecule has 0 radical (unpaired) electrons. The largest absolute Gasteiger partial charge is 0.336 e. The standard InChI is InChI=1S/C12H13ClFN3/c1-15-11(12-16-5-6-17(12)2)8-3-4-9(13)10(14)7-8/h3-7,11,15H,1-2H3. The minimum Gasteiger partial charge on any atom is -0.336 e. The van der Waals surface area contributed by atoms with Gasteiger partial charge in [0.2, 0.25) is 0 Å². The molecule has 90 valence electrons. The summed E-state index contributed by atoms with van der Waals surface area (Å²) in [7, 11) is 3.71. The average molecular weight is 254 g/mol. The molecule has 0 saturated heterocycles. The van der Waals surface area contributed by atoms with Crippen LogP contribution in [0.15, 0.2) is 30.6 Å². The second kappa shape index (κ2) is 4.85. The third-order valence-electron chi connectivity index (χ3n) is 2.68. The lowest BCUT2D eigenvalue weighted by molar-refractivity contribution is 0.597. The first-order valence-electron chi connectivity index (χ1n) is 5.23. The maximum Gasteiger partial charge on any atom is 0.142 e. The van der Waals surface area contributed by atoms with E-state index in [4.69, 9.17) is 11.6 Å². The molecule has 5 heteroatoms. The van der Waals surface area contributed by atoms with E-state index in [9.17, 15) is 4.39 Å². The van der Waals surface area contributed by atoms with Crippen LogP contribution in [0.5, 0.6) is 0 Å². The number of nitrogens with zero attached hydrogens (tertiary/aromatic N) is 2. The highest BCUT2D eigenvalue weighted by Gasteiger charge is 2.17. The van der Waals surface area contributed by atoms with Crippen LogP contribution in [0.3, 0.4) is 0 Å². The fourth-order valence-electron chi connectivity index (χ4n) is 1.79. The van der Waals surface area contributed by atoms with Crippen LogP contribution in [0, 0.1) is 5.82 Å². The van der Waals surface area contributed by atoms with Crippen LogP contribution in [0.25, 0.3) is 0 Å². The van der Waals surface area contributed by atoms with Crippen molar-refractivity contribution in [1.82, 2.24) is 14.9 Å². The molecule has 0 aliphatic rings. The topological polar surface area (TPSA) is 29.9 Å². The van der Waals surface area contributed by atoms with Crippen molar-refractivity contribution in [2.24, 2.45) is 7.05 Å². The summed E-state index contributed by atoms with van der Waals surface area (Å²) in [6.45, 7) is 0. The highest BCUT2D eigenvalue weighted by atomic mass is 35.5. The summed E-state index contributed by atoms with van der Waals surface area (Å²) < 4.78 is 15.3. The highest BCUT2D eigenvalue weighted by Crippen LogP contribution is 2.23. The van der Waals surface area contributed by atoms with Gasteiger partial charge in [0.1, 0.15) is 11.6 Å². The van der Waals surface area contributed by atoms with Crippen molar-refractivity contribution < 1.29 is 4.39 Å². The first-order valence-corrected chi connectivity index (χ1v) is 5.60. The second-order valence-corrected chi connectivity index (χ2v) is 4.20. The van der Waals surface area contributed by atoms with Crippen molar-refractivity contribution in [1.29, 1.82) is 0 Å². The van der Waals surface area contributed by atoms with E-state index >= 15 is 0 Å².